The summed E-state index contributed by atoms with van der Waals surface area (Å²) in [6, 6.07) is -0.385. The summed E-state index contributed by atoms with van der Waals surface area (Å²) in [7, 11) is 0. The number of amides is 2. The number of hydrogen-bond donors (Lipinski definition) is 3. The Kier molecular flexibility index (Phi) is 4.01. The van der Waals surface area contributed by atoms with Crippen LogP contribution in [0.3, 0.4) is 0 Å². The van der Waals surface area contributed by atoms with Gasteiger partial charge in [0.2, 0.25) is 0 Å². The topological polar surface area (TPSA) is 78.4 Å². The lowest BCUT2D eigenvalue weighted by Crippen LogP contribution is -2.56. The molecule has 2 amide bonds. The molecule has 0 bridgehead atoms. The molecule has 1 rings (SSSR count). The van der Waals surface area contributed by atoms with E-state index in [0.29, 0.717) is 19.4 Å². The molecule has 0 heterocycles. The molecule has 0 atom stereocenters. The van der Waals surface area contributed by atoms with Gasteiger partial charge in [-0.05, 0) is 31.1 Å². The molecule has 1 saturated carbocycles. The Balaban J connectivity index is 2.49. The van der Waals surface area contributed by atoms with E-state index in [1.165, 1.54) is 0 Å². The van der Waals surface area contributed by atoms with Crippen molar-refractivity contribution in [3.05, 3.63) is 0 Å². The molecule has 1 aliphatic carbocycles. The van der Waals surface area contributed by atoms with Gasteiger partial charge in [0.05, 0.1) is 0 Å². The fraction of sp³-hybridized carbons (Fsp3) is 0.833. The minimum Gasteiger partial charge on any atom is -0.480 e. The highest BCUT2D eigenvalue weighted by Crippen LogP contribution is 2.43. The van der Waals surface area contributed by atoms with Crippen LogP contribution in [0.15, 0.2) is 0 Å². The van der Waals surface area contributed by atoms with E-state index >= 15 is 0 Å². The molecule has 0 aromatic carbocycles. The molecular formula is C12H22N2O3. The average molecular weight is 242 g/mol. The highest BCUT2D eigenvalue weighted by Gasteiger charge is 2.39. The van der Waals surface area contributed by atoms with Crippen LogP contribution in [-0.4, -0.2) is 29.2 Å². The fourth-order valence-corrected chi connectivity index (χ4v) is 1.73. The Morgan fingerprint density at radius 2 is 1.82 bits per heavy atom. The SMILES string of the molecule is CCC(CC)(NC(=O)NCC1(C)CC1)C(=O)O. The summed E-state index contributed by atoms with van der Waals surface area (Å²) in [4.78, 5) is 22.9. The molecule has 17 heavy (non-hydrogen) atoms. The van der Waals surface area contributed by atoms with Gasteiger partial charge in [0.25, 0.3) is 0 Å². The number of rotatable bonds is 6. The number of carbonyl (C=O) groups is 2. The van der Waals surface area contributed by atoms with Gasteiger partial charge < -0.3 is 15.7 Å². The average Bonchev–Trinajstić information content (AvgIpc) is 3.02. The van der Waals surface area contributed by atoms with Crippen molar-refractivity contribution in [1.82, 2.24) is 10.6 Å². The molecule has 0 aliphatic heterocycles. The summed E-state index contributed by atoms with van der Waals surface area (Å²) < 4.78 is 0. The Labute approximate surface area is 102 Å². The van der Waals surface area contributed by atoms with Crippen molar-refractivity contribution < 1.29 is 14.7 Å². The predicted octanol–water partition coefficient (Wildman–Crippen LogP) is 1.73. The molecule has 98 valence electrons. The Morgan fingerprint density at radius 1 is 1.29 bits per heavy atom. The van der Waals surface area contributed by atoms with Gasteiger partial charge in [-0.3, -0.25) is 0 Å². The monoisotopic (exact) mass is 242 g/mol. The van der Waals surface area contributed by atoms with Crippen molar-refractivity contribution in [2.75, 3.05) is 6.54 Å². The standard InChI is InChI=1S/C12H22N2O3/c1-4-12(5-2,9(15)16)14-10(17)13-8-11(3)6-7-11/h4-8H2,1-3H3,(H,15,16)(H2,13,14,17). The molecule has 0 spiro atoms. The smallest absolute Gasteiger partial charge is 0.329 e. The van der Waals surface area contributed by atoms with Gasteiger partial charge >= 0.3 is 12.0 Å². The highest BCUT2D eigenvalue weighted by atomic mass is 16.4. The zero-order valence-electron chi connectivity index (χ0n) is 10.8. The minimum atomic E-state index is -1.14. The molecule has 0 aromatic heterocycles. The molecular weight excluding hydrogens is 220 g/mol. The number of hydrogen-bond acceptors (Lipinski definition) is 2. The third-order valence-electron chi connectivity index (χ3n) is 3.75. The summed E-state index contributed by atoms with van der Waals surface area (Å²) >= 11 is 0. The van der Waals surface area contributed by atoms with Crippen LogP contribution in [0.4, 0.5) is 4.79 Å². The van der Waals surface area contributed by atoms with Crippen molar-refractivity contribution in [2.45, 2.75) is 52.0 Å². The first kappa shape index (κ1) is 13.8. The quantitative estimate of drug-likeness (QED) is 0.663. The molecule has 0 unspecified atom stereocenters. The van der Waals surface area contributed by atoms with E-state index in [-0.39, 0.29) is 11.4 Å². The first-order valence-corrected chi connectivity index (χ1v) is 6.17. The third kappa shape index (κ3) is 3.35. The lowest BCUT2D eigenvalue weighted by molar-refractivity contribution is -0.144. The van der Waals surface area contributed by atoms with Crippen LogP contribution in [0.25, 0.3) is 0 Å². The lowest BCUT2D eigenvalue weighted by Gasteiger charge is -2.28. The number of aliphatic carboxylic acids is 1. The van der Waals surface area contributed by atoms with E-state index in [9.17, 15) is 14.7 Å². The second-order valence-corrected chi connectivity index (χ2v) is 5.21. The molecule has 0 radical (unpaired) electrons. The molecule has 5 nitrogen and oxygen atoms in total. The summed E-state index contributed by atoms with van der Waals surface area (Å²) in [6.07, 6.45) is 3.00. The maximum atomic E-state index is 11.7. The Hall–Kier alpha value is -1.26. The van der Waals surface area contributed by atoms with Crippen LogP contribution in [0.1, 0.15) is 46.5 Å². The van der Waals surface area contributed by atoms with Gasteiger partial charge in [0, 0.05) is 6.54 Å². The molecule has 1 fully saturated rings. The van der Waals surface area contributed by atoms with Gasteiger partial charge in [-0.25, -0.2) is 9.59 Å². The van der Waals surface area contributed by atoms with Crippen molar-refractivity contribution in [3.8, 4) is 0 Å². The second kappa shape index (κ2) is 4.94. The van der Waals surface area contributed by atoms with Gasteiger partial charge in [0.15, 0.2) is 0 Å². The number of carbonyl (C=O) groups excluding carboxylic acids is 1. The maximum Gasteiger partial charge on any atom is 0.329 e. The van der Waals surface area contributed by atoms with E-state index in [4.69, 9.17) is 0 Å². The zero-order valence-corrected chi connectivity index (χ0v) is 10.8. The highest BCUT2D eigenvalue weighted by molar-refractivity contribution is 5.86. The Bertz CT molecular complexity index is 307. The third-order valence-corrected chi connectivity index (χ3v) is 3.75. The van der Waals surface area contributed by atoms with Crippen LogP contribution in [0, 0.1) is 5.41 Å². The first-order chi connectivity index (χ1) is 7.87. The zero-order chi connectivity index (χ0) is 13.1. The molecule has 5 heteroatoms. The summed E-state index contributed by atoms with van der Waals surface area (Å²) in [5, 5.41) is 14.5. The number of carboxylic acid groups (broad SMARTS) is 1. The molecule has 3 N–H and O–H groups in total. The first-order valence-electron chi connectivity index (χ1n) is 6.17. The van der Waals surface area contributed by atoms with Crippen LogP contribution in [0.5, 0.6) is 0 Å². The van der Waals surface area contributed by atoms with E-state index in [2.05, 4.69) is 17.6 Å². The molecule has 0 aromatic rings. The summed E-state index contributed by atoms with van der Waals surface area (Å²) in [6.45, 7) is 6.25. The summed E-state index contributed by atoms with van der Waals surface area (Å²) in [5.41, 5.74) is -0.920. The van der Waals surface area contributed by atoms with Gasteiger partial charge in [-0.15, -0.1) is 0 Å². The van der Waals surface area contributed by atoms with Crippen LogP contribution in [-0.2, 0) is 4.79 Å². The molecule has 1 aliphatic rings. The van der Waals surface area contributed by atoms with Gasteiger partial charge in [0.1, 0.15) is 5.54 Å². The number of carboxylic acids is 1. The van der Waals surface area contributed by atoms with Crippen molar-refractivity contribution in [3.63, 3.8) is 0 Å². The molecule has 0 saturated heterocycles. The maximum absolute atomic E-state index is 11.7. The van der Waals surface area contributed by atoms with E-state index in [0.717, 1.165) is 12.8 Å². The lowest BCUT2D eigenvalue weighted by atomic mass is 9.93. The van der Waals surface area contributed by atoms with Gasteiger partial charge in [-0.1, -0.05) is 20.8 Å². The van der Waals surface area contributed by atoms with Crippen LogP contribution < -0.4 is 10.6 Å². The second-order valence-electron chi connectivity index (χ2n) is 5.21. The van der Waals surface area contributed by atoms with Crippen molar-refractivity contribution >= 4 is 12.0 Å². The van der Waals surface area contributed by atoms with Crippen LogP contribution in [0.2, 0.25) is 0 Å². The minimum absolute atomic E-state index is 0.224. The van der Waals surface area contributed by atoms with Crippen molar-refractivity contribution in [2.24, 2.45) is 5.41 Å². The summed E-state index contributed by atoms with van der Waals surface area (Å²) in [5.74, 6) is -0.977. The van der Waals surface area contributed by atoms with Crippen LogP contribution >= 0.6 is 0 Å². The van der Waals surface area contributed by atoms with E-state index in [1.54, 1.807) is 13.8 Å². The predicted molar refractivity (Wildman–Crippen MR) is 64.8 cm³/mol. The number of nitrogens with one attached hydrogen (secondary N) is 2. The van der Waals surface area contributed by atoms with Gasteiger partial charge in [-0.2, -0.15) is 0 Å². The van der Waals surface area contributed by atoms with E-state index < -0.39 is 11.5 Å². The van der Waals surface area contributed by atoms with Crippen molar-refractivity contribution in [1.29, 1.82) is 0 Å². The largest absolute Gasteiger partial charge is 0.480 e. The fourth-order valence-electron chi connectivity index (χ4n) is 1.73. The normalized spacial score (nSPS) is 17.4. The Morgan fingerprint density at radius 3 is 2.18 bits per heavy atom. The number of urea groups is 1. The van der Waals surface area contributed by atoms with E-state index in [1.807, 2.05) is 0 Å².